The summed E-state index contributed by atoms with van der Waals surface area (Å²) in [5, 5.41) is 4.32. The van der Waals surface area contributed by atoms with Gasteiger partial charge >= 0.3 is 0 Å². The lowest BCUT2D eigenvalue weighted by Gasteiger charge is -2.30. The van der Waals surface area contributed by atoms with Crippen molar-refractivity contribution in [2.75, 3.05) is 6.54 Å². The average Bonchev–Trinajstić information content (AvgIpc) is 2.01. The van der Waals surface area contributed by atoms with Crippen LogP contribution in [0.5, 0.6) is 0 Å². The van der Waals surface area contributed by atoms with Gasteiger partial charge in [-0.1, -0.05) is 30.7 Å². The Hall–Kier alpha value is -0.530. The number of hydrogen-bond donors (Lipinski definition) is 1. The van der Waals surface area contributed by atoms with Gasteiger partial charge in [-0.3, -0.25) is 0 Å². The van der Waals surface area contributed by atoms with E-state index in [0.29, 0.717) is 6.04 Å². The van der Waals surface area contributed by atoms with E-state index >= 15 is 0 Å². The first-order valence-corrected chi connectivity index (χ1v) is 5.21. The highest BCUT2D eigenvalue weighted by Gasteiger charge is 2.21. The molecular formula is C11H14ClN. The molecule has 1 aromatic carbocycles. The van der Waals surface area contributed by atoms with Crippen molar-refractivity contribution in [2.24, 2.45) is 0 Å². The van der Waals surface area contributed by atoms with E-state index in [0.717, 1.165) is 18.0 Å². The fourth-order valence-electron chi connectivity index (χ4n) is 1.83. The summed E-state index contributed by atoms with van der Waals surface area (Å²) in [6, 6.07) is 6.75. The number of halogens is 1. The maximum absolute atomic E-state index is 6.13. The molecule has 0 radical (unpaired) electrons. The summed E-state index contributed by atoms with van der Waals surface area (Å²) in [7, 11) is 0. The summed E-state index contributed by atoms with van der Waals surface area (Å²) >= 11 is 6.13. The van der Waals surface area contributed by atoms with Crippen LogP contribution < -0.4 is 5.32 Å². The molecule has 0 amide bonds. The van der Waals surface area contributed by atoms with E-state index in [9.17, 15) is 0 Å². The SMILES string of the molecule is CCc1c(Cl)cccc1[C@@H]1CCN1. The van der Waals surface area contributed by atoms with Gasteiger partial charge in [-0.05, 0) is 36.6 Å². The van der Waals surface area contributed by atoms with E-state index in [1.54, 1.807) is 0 Å². The van der Waals surface area contributed by atoms with Crippen molar-refractivity contribution in [3.05, 3.63) is 34.3 Å². The number of rotatable bonds is 2. The largest absolute Gasteiger partial charge is 0.310 e. The van der Waals surface area contributed by atoms with Gasteiger partial charge in [0.2, 0.25) is 0 Å². The Kier molecular flexibility index (Phi) is 2.56. The van der Waals surface area contributed by atoms with E-state index in [2.05, 4.69) is 18.3 Å². The van der Waals surface area contributed by atoms with Gasteiger partial charge in [0.15, 0.2) is 0 Å². The molecule has 0 saturated carbocycles. The van der Waals surface area contributed by atoms with Crippen molar-refractivity contribution in [1.82, 2.24) is 5.32 Å². The quantitative estimate of drug-likeness (QED) is 0.765. The first-order valence-electron chi connectivity index (χ1n) is 4.83. The molecule has 1 N–H and O–H groups in total. The minimum absolute atomic E-state index is 0.550. The van der Waals surface area contributed by atoms with E-state index in [1.165, 1.54) is 17.5 Å². The zero-order valence-corrected chi connectivity index (χ0v) is 8.56. The van der Waals surface area contributed by atoms with Crippen molar-refractivity contribution in [3.63, 3.8) is 0 Å². The average molecular weight is 196 g/mol. The van der Waals surface area contributed by atoms with Crippen molar-refractivity contribution >= 4 is 11.6 Å². The molecule has 2 rings (SSSR count). The molecule has 1 fully saturated rings. The van der Waals surface area contributed by atoms with Crippen molar-refractivity contribution in [2.45, 2.75) is 25.8 Å². The van der Waals surface area contributed by atoms with Gasteiger partial charge in [-0.2, -0.15) is 0 Å². The Morgan fingerprint density at radius 2 is 2.31 bits per heavy atom. The fraction of sp³-hybridized carbons (Fsp3) is 0.455. The minimum atomic E-state index is 0.550. The highest BCUT2D eigenvalue weighted by Crippen LogP contribution is 2.30. The first-order chi connectivity index (χ1) is 6.33. The molecule has 1 atom stereocenters. The summed E-state index contributed by atoms with van der Waals surface area (Å²) in [6.07, 6.45) is 2.26. The van der Waals surface area contributed by atoms with Gasteiger partial charge in [-0.25, -0.2) is 0 Å². The molecule has 13 heavy (non-hydrogen) atoms. The third-order valence-corrected chi connectivity index (χ3v) is 3.06. The highest BCUT2D eigenvalue weighted by atomic mass is 35.5. The molecular weight excluding hydrogens is 182 g/mol. The molecule has 1 aliphatic heterocycles. The Morgan fingerprint density at radius 1 is 1.54 bits per heavy atom. The van der Waals surface area contributed by atoms with E-state index in [4.69, 9.17) is 11.6 Å². The van der Waals surface area contributed by atoms with Crippen LogP contribution in [0.3, 0.4) is 0 Å². The van der Waals surface area contributed by atoms with Gasteiger partial charge in [0, 0.05) is 11.1 Å². The number of nitrogens with one attached hydrogen (secondary N) is 1. The standard InChI is InChI=1S/C11H14ClN/c1-2-8-9(11-6-7-13-11)4-3-5-10(8)12/h3-5,11,13H,2,6-7H2,1H3/t11-/m0/s1. The molecule has 2 heteroatoms. The molecule has 70 valence electrons. The molecule has 1 aliphatic rings. The second kappa shape index (κ2) is 3.69. The normalized spacial score (nSPS) is 21.2. The van der Waals surface area contributed by atoms with Crippen LogP contribution in [0.25, 0.3) is 0 Å². The van der Waals surface area contributed by atoms with E-state index in [-0.39, 0.29) is 0 Å². The maximum Gasteiger partial charge on any atom is 0.0441 e. The molecule has 0 spiro atoms. The summed E-state index contributed by atoms with van der Waals surface area (Å²) < 4.78 is 0. The maximum atomic E-state index is 6.13. The minimum Gasteiger partial charge on any atom is -0.310 e. The van der Waals surface area contributed by atoms with Crippen LogP contribution in [-0.4, -0.2) is 6.54 Å². The third kappa shape index (κ3) is 1.59. The van der Waals surface area contributed by atoms with Crippen LogP contribution in [0.1, 0.15) is 30.5 Å². The second-order valence-electron chi connectivity index (χ2n) is 3.46. The molecule has 0 unspecified atom stereocenters. The predicted octanol–water partition coefficient (Wildman–Crippen LogP) is 2.94. The summed E-state index contributed by atoms with van der Waals surface area (Å²) in [4.78, 5) is 0. The number of hydrogen-bond acceptors (Lipinski definition) is 1. The lowest BCUT2D eigenvalue weighted by molar-refractivity contribution is 0.381. The van der Waals surface area contributed by atoms with Gasteiger partial charge in [0.05, 0.1) is 0 Å². The number of benzene rings is 1. The van der Waals surface area contributed by atoms with Crippen LogP contribution in [0, 0.1) is 0 Å². The molecule has 0 aliphatic carbocycles. The third-order valence-electron chi connectivity index (χ3n) is 2.71. The van der Waals surface area contributed by atoms with Gasteiger partial charge in [0.25, 0.3) is 0 Å². The van der Waals surface area contributed by atoms with Crippen molar-refractivity contribution in [1.29, 1.82) is 0 Å². The van der Waals surface area contributed by atoms with E-state index in [1.807, 2.05) is 12.1 Å². The second-order valence-corrected chi connectivity index (χ2v) is 3.86. The van der Waals surface area contributed by atoms with Crippen LogP contribution in [0.15, 0.2) is 18.2 Å². The lowest BCUT2D eigenvalue weighted by Crippen LogP contribution is -2.35. The van der Waals surface area contributed by atoms with E-state index < -0.39 is 0 Å². The van der Waals surface area contributed by atoms with Crippen molar-refractivity contribution in [3.8, 4) is 0 Å². The topological polar surface area (TPSA) is 12.0 Å². The van der Waals surface area contributed by atoms with Crippen molar-refractivity contribution < 1.29 is 0 Å². The Labute approximate surface area is 84.1 Å². The molecule has 1 heterocycles. The Morgan fingerprint density at radius 3 is 2.85 bits per heavy atom. The first kappa shape index (κ1) is 9.04. The summed E-state index contributed by atoms with van der Waals surface area (Å²) in [6.45, 7) is 3.30. The van der Waals surface area contributed by atoms with Crippen LogP contribution in [0.2, 0.25) is 5.02 Å². The zero-order chi connectivity index (χ0) is 9.26. The monoisotopic (exact) mass is 195 g/mol. The molecule has 0 bridgehead atoms. The zero-order valence-electron chi connectivity index (χ0n) is 7.81. The smallest absolute Gasteiger partial charge is 0.0441 e. The molecule has 0 aromatic heterocycles. The predicted molar refractivity (Wildman–Crippen MR) is 56.2 cm³/mol. The molecule has 1 nitrogen and oxygen atoms in total. The summed E-state index contributed by atoms with van der Waals surface area (Å²) in [5.74, 6) is 0. The lowest BCUT2D eigenvalue weighted by atomic mass is 9.92. The molecule has 1 saturated heterocycles. The highest BCUT2D eigenvalue weighted by molar-refractivity contribution is 6.31. The van der Waals surface area contributed by atoms with Gasteiger partial charge < -0.3 is 5.32 Å². The molecule has 1 aromatic rings. The summed E-state index contributed by atoms with van der Waals surface area (Å²) in [5.41, 5.74) is 2.70. The fourth-order valence-corrected chi connectivity index (χ4v) is 2.14. The Bertz CT molecular complexity index is 305. The van der Waals surface area contributed by atoms with Gasteiger partial charge in [0.1, 0.15) is 0 Å². The van der Waals surface area contributed by atoms with Crippen LogP contribution in [-0.2, 0) is 6.42 Å². The van der Waals surface area contributed by atoms with Gasteiger partial charge in [-0.15, -0.1) is 0 Å². The Balaban J connectivity index is 2.37. The van der Waals surface area contributed by atoms with Crippen LogP contribution >= 0.6 is 11.6 Å². The van der Waals surface area contributed by atoms with Crippen LogP contribution in [0.4, 0.5) is 0 Å².